The summed E-state index contributed by atoms with van der Waals surface area (Å²) in [5, 5.41) is 9.34. The van der Waals surface area contributed by atoms with E-state index in [1.807, 2.05) is 155 Å². The SMILES string of the molecule is CCOc1c(C)nn(Cc2ccc(C[C@H]3OC(=O)[C@H](CC(C)C)N(C)C(=O)[C@@H](C)OC(=O)[C@H](CC(C)C)N(C)C(=O)[C@@H](Cc4ccc(Cn5nc(C)c(OCC)c5C)cc4)OC(=O)[C@H](CC(C)C)N(C)C(=O)[C@@H](C)OC(=O)[C@H](CC(C)C)N(C)C3=O)cc2)c1C. The van der Waals surface area contributed by atoms with Gasteiger partial charge < -0.3 is 48.0 Å². The molecule has 2 aromatic carbocycles. The second-order valence-corrected chi connectivity index (χ2v) is 25.6. The minimum Gasteiger partial charge on any atom is -0.490 e. The highest BCUT2D eigenvalue weighted by molar-refractivity contribution is 5.94. The molecule has 0 saturated carbocycles. The monoisotopic (exact) mass is 1250 g/mol. The van der Waals surface area contributed by atoms with Crippen LogP contribution in [-0.4, -0.2) is 177 Å². The van der Waals surface area contributed by atoms with Crippen LogP contribution in [0.5, 0.6) is 11.5 Å². The maximum Gasteiger partial charge on any atom is 0.329 e. The average molecular weight is 1250 g/mol. The number of rotatable bonds is 20. The molecule has 4 aromatic rings. The van der Waals surface area contributed by atoms with Crippen LogP contribution in [0.25, 0.3) is 0 Å². The molecule has 5 rings (SSSR count). The van der Waals surface area contributed by atoms with E-state index in [4.69, 9.17) is 28.4 Å². The summed E-state index contributed by atoms with van der Waals surface area (Å²) in [7, 11) is 5.58. The Morgan fingerprint density at radius 3 is 0.933 bits per heavy atom. The van der Waals surface area contributed by atoms with E-state index in [-0.39, 0.29) is 62.2 Å². The van der Waals surface area contributed by atoms with Crippen molar-refractivity contribution < 1.29 is 66.8 Å². The van der Waals surface area contributed by atoms with Gasteiger partial charge in [-0.3, -0.25) is 28.5 Å². The summed E-state index contributed by atoms with van der Waals surface area (Å²) in [6.45, 7) is 30.8. The van der Waals surface area contributed by atoms with Crippen molar-refractivity contribution in [3.63, 3.8) is 0 Å². The lowest BCUT2D eigenvalue weighted by Crippen LogP contribution is -2.55. The van der Waals surface area contributed by atoms with Crippen molar-refractivity contribution in [3.8, 4) is 11.5 Å². The van der Waals surface area contributed by atoms with Gasteiger partial charge in [0.1, 0.15) is 35.6 Å². The molecule has 0 radical (unpaired) electrons. The van der Waals surface area contributed by atoms with Crippen LogP contribution in [0.1, 0.15) is 154 Å². The van der Waals surface area contributed by atoms with Gasteiger partial charge in [-0.2, -0.15) is 10.2 Å². The van der Waals surface area contributed by atoms with Crippen LogP contribution < -0.4 is 9.47 Å². The number of aryl methyl sites for hydroxylation is 2. The lowest BCUT2D eigenvalue weighted by molar-refractivity contribution is -0.176. The summed E-state index contributed by atoms with van der Waals surface area (Å²) in [5.41, 5.74) is 6.21. The van der Waals surface area contributed by atoms with E-state index < -0.39 is 96.1 Å². The Labute approximate surface area is 532 Å². The van der Waals surface area contributed by atoms with Crippen molar-refractivity contribution in [2.45, 2.75) is 211 Å². The van der Waals surface area contributed by atoms with Crippen LogP contribution in [0.2, 0.25) is 0 Å². The number of ether oxygens (including phenoxy) is 6. The molecule has 22 nitrogen and oxygen atoms in total. The number of aromatic nitrogens is 4. The standard InChI is InChI=1S/C68H100N8O14/c1-21-85-59-43(11)69-75(45(59)13)37-51-27-23-49(24-28-51)35-57-63(79)73(19)53(31-39(3)4)65(81)87-48(16)62(78)72(18)56(34-42(9)10)68(84)90-58(36-50-25-29-52(30-26-50)38-76-46(14)60(86-22-2)44(12)70-76)64(80)74(20)54(32-40(5)6)66(82)88-47(15)61(77)71(17)55(33-41(7)8)67(83)89-57/h23-30,39-42,47-48,53-58H,21-22,31-38H2,1-20H3/t47-,48-,53+,54+,55+,56+,57-,58-/m1/s1. The van der Waals surface area contributed by atoms with Crippen LogP contribution in [0.15, 0.2) is 48.5 Å². The topological polar surface area (TPSA) is 241 Å². The molecule has 90 heavy (non-hydrogen) atoms. The van der Waals surface area contributed by atoms with Gasteiger partial charge in [-0.05, 0) is 127 Å². The van der Waals surface area contributed by atoms with Gasteiger partial charge in [-0.15, -0.1) is 0 Å². The molecule has 0 bridgehead atoms. The van der Waals surface area contributed by atoms with E-state index in [2.05, 4.69) is 10.2 Å². The van der Waals surface area contributed by atoms with Crippen molar-refractivity contribution in [1.82, 2.24) is 39.2 Å². The first kappa shape index (κ1) is 73.0. The summed E-state index contributed by atoms with van der Waals surface area (Å²) in [5.74, 6) is -6.13. The molecule has 22 heteroatoms. The summed E-state index contributed by atoms with van der Waals surface area (Å²) in [6.07, 6.45) is -6.15. The maximum atomic E-state index is 15.2. The van der Waals surface area contributed by atoms with Gasteiger partial charge in [0.2, 0.25) is 0 Å². The van der Waals surface area contributed by atoms with Gasteiger partial charge in [-0.25, -0.2) is 19.2 Å². The Bertz CT molecular complexity index is 2890. The second kappa shape index (κ2) is 32.8. The van der Waals surface area contributed by atoms with Crippen LogP contribution in [0, 0.1) is 51.4 Å². The normalized spacial score (nSPS) is 22.0. The Morgan fingerprint density at radius 2 is 0.667 bits per heavy atom. The summed E-state index contributed by atoms with van der Waals surface area (Å²) >= 11 is 0. The lowest BCUT2D eigenvalue weighted by Gasteiger charge is -2.35. The van der Waals surface area contributed by atoms with E-state index in [1.54, 1.807) is 0 Å². The van der Waals surface area contributed by atoms with E-state index in [9.17, 15) is 28.8 Å². The molecule has 1 saturated heterocycles. The van der Waals surface area contributed by atoms with Crippen LogP contribution >= 0.6 is 0 Å². The zero-order valence-electron chi connectivity index (χ0n) is 56.9. The molecular weight excluding hydrogens is 1150 g/mol. The zero-order chi connectivity index (χ0) is 67.2. The van der Waals surface area contributed by atoms with Crippen LogP contribution in [-0.2, 0) is 83.2 Å². The number of carbonyl (C=O) groups excluding carboxylic acids is 8. The van der Waals surface area contributed by atoms with E-state index in [0.717, 1.165) is 65.0 Å². The Hall–Kier alpha value is -7.78. The van der Waals surface area contributed by atoms with E-state index in [1.165, 1.54) is 42.0 Å². The largest absolute Gasteiger partial charge is 0.490 e. The van der Waals surface area contributed by atoms with Crippen LogP contribution in [0.3, 0.4) is 0 Å². The van der Waals surface area contributed by atoms with Gasteiger partial charge in [0, 0.05) is 41.0 Å². The molecule has 2 aromatic heterocycles. The highest BCUT2D eigenvalue weighted by atomic mass is 16.6. The van der Waals surface area contributed by atoms with E-state index >= 15 is 9.59 Å². The molecule has 1 aliphatic heterocycles. The number of hydrogen-bond donors (Lipinski definition) is 0. The first-order chi connectivity index (χ1) is 42.3. The number of likely N-dealkylation sites (N-methyl/N-ethyl adjacent to an activating group) is 4. The van der Waals surface area contributed by atoms with Gasteiger partial charge in [0.25, 0.3) is 23.6 Å². The zero-order valence-corrected chi connectivity index (χ0v) is 56.9. The Morgan fingerprint density at radius 1 is 0.411 bits per heavy atom. The number of cyclic esters (lactones) is 4. The molecule has 0 aliphatic carbocycles. The molecule has 0 unspecified atom stereocenters. The molecule has 0 spiro atoms. The summed E-state index contributed by atoms with van der Waals surface area (Å²) in [4.78, 5) is 123. The first-order valence-corrected chi connectivity index (χ1v) is 31.7. The van der Waals surface area contributed by atoms with Crippen LogP contribution in [0.4, 0.5) is 0 Å². The van der Waals surface area contributed by atoms with Gasteiger partial charge >= 0.3 is 23.9 Å². The van der Waals surface area contributed by atoms with Crippen molar-refractivity contribution in [2.24, 2.45) is 23.7 Å². The van der Waals surface area contributed by atoms with Crippen molar-refractivity contribution >= 4 is 47.5 Å². The predicted molar refractivity (Wildman–Crippen MR) is 339 cm³/mol. The fraction of sp³-hybridized carbons (Fsp3) is 0.618. The highest BCUT2D eigenvalue weighted by Crippen LogP contribution is 2.28. The maximum absolute atomic E-state index is 15.2. The van der Waals surface area contributed by atoms with Crippen molar-refractivity contribution in [1.29, 1.82) is 0 Å². The van der Waals surface area contributed by atoms with Crippen molar-refractivity contribution in [3.05, 3.63) is 93.6 Å². The summed E-state index contributed by atoms with van der Waals surface area (Å²) in [6, 6.07) is 9.52. The second-order valence-electron chi connectivity index (χ2n) is 25.6. The Kier molecular flexibility index (Phi) is 26.6. The number of hydrogen-bond acceptors (Lipinski definition) is 16. The number of carbonyl (C=O) groups is 8. The third kappa shape index (κ3) is 19.1. The quantitative estimate of drug-likeness (QED) is 0.0598. The average Bonchev–Trinajstić information content (AvgIpc) is 1.48. The smallest absolute Gasteiger partial charge is 0.329 e. The molecule has 4 amide bonds. The summed E-state index contributed by atoms with van der Waals surface area (Å²) < 4.78 is 39.8. The highest BCUT2D eigenvalue weighted by Gasteiger charge is 2.43. The molecule has 1 fully saturated rings. The number of nitrogens with zero attached hydrogens (tertiary/aromatic N) is 8. The third-order valence-electron chi connectivity index (χ3n) is 16.2. The molecule has 3 heterocycles. The van der Waals surface area contributed by atoms with Crippen molar-refractivity contribution in [2.75, 3.05) is 41.4 Å². The molecular formula is C68H100N8O14. The van der Waals surface area contributed by atoms with Gasteiger partial charge in [-0.1, -0.05) is 104 Å². The third-order valence-corrected chi connectivity index (χ3v) is 16.2. The molecule has 496 valence electrons. The fourth-order valence-electron chi connectivity index (χ4n) is 11.2. The van der Waals surface area contributed by atoms with E-state index in [0.29, 0.717) is 37.4 Å². The predicted octanol–water partition coefficient (Wildman–Crippen LogP) is 8.19. The number of esters is 4. The fourth-order valence-corrected chi connectivity index (χ4v) is 11.2. The van der Waals surface area contributed by atoms with Gasteiger partial charge in [0.05, 0.1) is 37.7 Å². The minimum absolute atomic E-state index is 0.0697. The van der Waals surface area contributed by atoms with Gasteiger partial charge in [0.15, 0.2) is 35.9 Å². The Balaban J connectivity index is 1.59. The molecule has 8 atom stereocenters. The minimum atomic E-state index is -1.56. The first-order valence-electron chi connectivity index (χ1n) is 31.7. The number of benzene rings is 2. The number of amides is 4. The lowest BCUT2D eigenvalue weighted by atomic mass is 9.99. The molecule has 1 aliphatic rings. The molecule has 0 N–H and O–H groups in total.